The van der Waals surface area contributed by atoms with Gasteiger partial charge >= 0.3 is 0 Å². The van der Waals surface area contributed by atoms with Gasteiger partial charge in [-0.15, -0.1) is 10.2 Å². The number of aromatic nitrogens is 2. The van der Waals surface area contributed by atoms with E-state index in [9.17, 15) is 4.79 Å². The molecule has 3 rings (SSSR count). The van der Waals surface area contributed by atoms with E-state index >= 15 is 0 Å². The maximum Gasteiger partial charge on any atom is 0.226 e. The fraction of sp³-hybridized carbons (Fsp3) is 0.235. The first-order valence-electron chi connectivity index (χ1n) is 7.50. The van der Waals surface area contributed by atoms with Crippen LogP contribution in [0.3, 0.4) is 0 Å². The standard InChI is InChI=1S/C17H17N3O3S/c1-22-14-5-2-4-12(10-14)11-16-19-20-17(24-16)18-15(21)8-7-13-6-3-9-23-13/h2-6,9-10H,7-8,11H2,1H3,(H,18,20,21). The molecule has 1 aromatic carbocycles. The third-order valence-electron chi connectivity index (χ3n) is 3.38. The molecule has 0 aliphatic carbocycles. The van der Waals surface area contributed by atoms with Crippen LogP contribution in [0, 0.1) is 0 Å². The molecule has 0 atom stereocenters. The zero-order valence-corrected chi connectivity index (χ0v) is 14.0. The number of nitrogens with one attached hydrogen (secondary N) is 1. The first-order valence-corrected chi connectivity index (χ1v) is 8.32. The van der Waals surface area contributed by atoms with Crippen molar-refractivity contribution in [3.63, 3.8) is 0 Å². The number of hydrogen-bond acceptors (Lipinski definition) is 6. The van der Waals surface area contributed by atoms with Crippen LogP contribution in [0.2, 0.25) is 0 Å². The summed E-state index contributed by atoms with van der Waals surface area (Å²) >= 11 is 1.37. The van der Waals surface area contributed by atoms with E-state index < -0.39 is 0 Å². The van der Waals surface area contributed by atoms with E-state index in [1.807, 2.05) is 36.4 Å². The minimum Gasteiger partial charge on any atom is -0.497 e. The van der Waals surface area contributed by atoms with Crippen LogP contribution in [0.15, 0.2) is 47.1 Å². The van der Waals surface area contributed by atoms with Gasteiger partial charge < -0.3 is 14.5 Å². The summed E-state index contributed by atoms with van der Waals surface area (Å²) in [5, 5.41) is 12.3. The number of furan rings is 1. The Morgan fingerprint density at radius 1 is 1.29 bits per heavy atom. The number of amides is 1. The predicted molar refractivity (Wildman–Crippen MR) is 91.4 cm³/mol. The fourth-order valence-corrected chi connectivity index (χ4v) is 3.00. The number of methoxy groups -OCH3 is 1. The molecule has 0 saturated carbocycles. The molecule has 124 valence electrons. The largest absolute Gasteiger partial charge is 0.497 e. The van der Waals surface area contributed by atoms with Crippen LogP contribution in [-0.4, -0.2) is 23.2 Å². The molecule has 3 aromatic rings. The van der Waals surface area contributed by atoms with Gasteiger partial charge in [-0.1, -0.05) is 23.5 Å². The molecule has 0 spiro atoms. The molecule has 0 aliphatic rings. The van der Waals surface area contributed by atoms with Crippen LogP contribution in [0.4, 0.5) is 5.13 Å². The van der Waals surface area contributed by atoms with Crippen LogP contribution in [0.1, 0.15) is 22.8 Å². The van der Waals surface area contributed by atoms with Gasteiger partial charge in [0, 0.05) is 19.3 Å². The van der Waals surface area contributed by atoms with Crippen LogP contribution in [0.25, 0.3) is 0 Å². The monoisotopic (exact) mass is 343 g/mol. The topological polar surface area (TPSA) is 77.3 Å². The Morgan fingerprint density at radius 2 is 2.21 bits per heavy atom. The van der Waals surface area contributed by atoms with Gasteiger partial charge in [-0.25, -0.2) is 0 Å². The predicted octanol–water partition coefficient (Wildman–Crippen LogP) is 3.30. The highest BCUT2D eigenvalue weighted by Gasteiger charge is 2.10. The summed E-state index contributed by atoms with van der Waals surface area (Å²) in [7, 11) is 1.64. The Kier molecular flexibility index (Phi) is 5.22. The average molecular weight is 343 g/mol. The molecule has 24 heavy (non-hydrogen) atoms. The highest BCUT2D eigenvalue weighted by molar-refractivity contribution is 7.15. The smallest absolute Gasteiger partial charge is 0.226 e. The Balaban J connectivity index is 1.53. The SMILES string of the molecule is COc1cccc(Cc2nnc(NC(=O)CCc3ccco3)s2)c1. The van der Waals surface area contributed by atoms with E-state index in [-0.39, 0.29) is 5.91 Å². The van der Waals surface area contributed by atoms with Gasteiger partial charge in [-0.05, 0) is 29.8 Å². The number of rotatable bonds is 7. The summed E-state index contributed by atoms with van der Waals surface area (Å²) in [4.78, 5) is 11.9. The van der Waals surface area contributed by atoms with Crippen molar-refractivity contribution in [3.8, 4) is 5.75 Å². The Bertz CT molecular complexity index is 799. The van der Waals surface area contributed by atoms with Crippen molar-refractivity contribution >= 4 is 22.4 Å². The summed E-state index contributed by atoms with van der Waals surface area (Å²) in [5.74, 6) is 1.50. The lowest BCUT2D eigenvalue weighted by atomic mass is 10.1. The number of benzene rings is 1. The van der Waals surface area contributed by atoms with Crippen molar-refractivity contribution in [1.82, 2.24) is 10.2 Å². The second-order valence-corrected chi connectivity index (χ2v) is 6.22. The van der Waals surface area contributed by atoms with Crippen LogP contribution >= 0.6 is 11.3 Å². The van der Waals surface area contributed by atoms with E-state index in [1.165, 1.54) is 11.3 Å². The Hall–Kier alpha value is -2.67. The van der Waals surface area contributed by atoms with Crippen molar-refractivity contribution in [2.24, 2.45) is 0 Å². The number of aryl methyl sites for hydroxylation is 1. The number of nitrogens with zero attached hydrogens (tertiary/aromatic N) is 2. The van der Waals surface area contributed by atoms with Crippen molar-refractivity contribution < 1.29 is 13.9 Å². The second kappa shape index (κ2) is 7.74. The number of carbonyl (C=O) groups is 1. The lowest BCUT2D eigenvalue weighted by molar-refractivity contribution is -0.116. The van der Waals surface area contributed by atoms with E-state index in [2.05, 4.69) is 15.5 Å². The molecule has 0 fully saturated rings. The Morgan fingerprint density at radius 3 is 3.00 bits per heavy atom. The van der Waals surface area contributed by atoms with Crippen molar-refractivity contribution in [3.05, 3.63) is 59.0 Å². The summed E-state index contributed by atoms with van der Waals surface area (Å²) in [6, 6.07) is 11.5. The lowest BCUT2D eigenvalue weighted by Gasteiger charge is -2.02. The average Bonchev–Trinajstić information content (AvgIpc) is 3.25. The maximum absolute atomic E-state index is 11.9. The van der Waals surface area contributed by atoms with Crippen LogP contribution in [-0.2, 0) is 17.6 Å². The number of carbonyl (C=O) groups excluding carboxylic acids is 1. The van der Waals surface area contributed by atoms with Gasteiger partial charge in [0.05, 0.1) is 13.4 Å². The molecule has 0 radical (unpaired) electrons. The van der Waals surface area contributed by atoms with Gasteiger partial charge in [0.1, 0.15) is 16.5 Å². The third-order valence-corrected chi connectivity index (χ3v) is 4.22. The van der Waals surface area contributed by atoms with Gasteiger partial charge in [-0.3, -0.25) is 4.79 Å². The molecule has 6 nitrogen and oxygen atoms in total. The van der Waals surface area contributed by atoms with E-state index in [1.54, 1.807) is 13.4 Å². The molecule has 7 heteroatoms. The third kappa shape index (κ3) is 4.42. The molecular weight excluding hydrogens is 326 g/mol. The molecule has 2 aromatic heterocycles. The lowest BCUT2D eigenvalue weighted by Crippen LogP contribution is -2.11. The van der Waals surface area contributed by atoms with Crippen LogP contribution < -0.4 is 10.1 Å². The van der Waals surface area contributed by atoms with Crippen molar-refractivity contribution in [2.45, 2.75) is 19.3 Å². The minimum absolute atomic E-state index is 0.101. The first kappa shape index (κ1) is 16.2. The molecular formula is C17H17N3O3S. The molecule has 1 amide bonds. The number of anilines is 1. The molecule has 1 N–H and O–H groups in total. The summed E-state index contributed by atoms with van der Waals surface area (Å²) in [6.07, 6.45) is 3.16. The van der Waals surface area contributed by atoms with Gasteiger partial charge in [-0.2, -0.15) is 0 Å². The zero-order chi connectivity index (χ0) is 16.8. The van der Waals surface area contributed by atoms with Crippen molar-refractivity contribution in [1.29, 1.82) is 0 Å². The Labute approximate surface area is 143 Å². The van der Waals surface area contributed by atoms with Gasteiger partial charge in [0.15, 0.2) is 0 Å². The van der Waals surface area contributed by atoms with Crippen LogP contribution in [0.5, 0.6) is 5.75 Å². The van der Waals surface area contributed by atoms with Gasteiger partial charge in [0.25, 0.3) is 0 Å². The summed E-state index contributed by atoms with van der Waals surface area (Å²) in [5.41, 5.74) is 1.08. The molecule has 0 bridgehead atoms. The summed E-state index contributed by atoms with van der Waals surface area (Å²) in [6.45, 7) is 0. The molecule has 0 aliphatic heterocycles. The number of ether oxygens (including phenoxy) is 1. The normalized spacial score (nSPS) is 10.5. The molecule has 0 unspecified atom stereocenters. The summed E-state index contributed by atoms with van der Waals surface area (Å²) < 4.78 is 10.4. The molecule has 2 heterocycles. The highest BCUT2D eigenvalue weighted by Crippen LogP contribution is 2.21. The van der Waals surface area contributed by atoms with Crippen molar-refractivity contribution in [2.75, 3.05) is 12.4 Å². The van der Waals surface area contributed by atoms with E-state index in [0.717, 1.165) is 22.1 Å². The minimum atomic E-state index is -0.101. The van der Waals surface area contributed by atoms with Gasteiger partial charge in [0.2, 0.25) is 11.0 Å². The quantitative estimate of drug-likeness (QED) is 0.712. The highest BCUT2D eigenvalue weighted by atomic mass is 32.1. The maximum atomic E-state index is 11.9. The van der Waals surface area contributed by atoms with E-state index in [0.29, 0.717) is 24.4 Å². The second-order valence-electron chi connectivity index (χ2n) is 5.16. The molecule has 0 saturated heterocycles. The zero-order valence-electron chi connectivity index (χ0n) is 13.2. The van der Waals surface area contributed by atoms with E-state index in [4.69, 9.17) is 9.15 Å². The fourth-order valence-electron chi connectivity index (χ4n) is 2.21. The number of hydrogen-bond donors (Lipinski definition) is 1. The first-order chi connectivity index (χ1) is 11.7.